The van der Waals surface area contributed by atoms with E-state index in [1.54, 1.807) is 25.7 Å². The van der Waals surface area contributed by atoms with Crippen LogP contribution in [0.2, 0.25) is 10.0 Å². The van der Waals surface area contributed by atoms with Gasteiger partial charge < -0.3 is 24.5 Å². The predicted octanol–water partition coefficient (Wildman–Crippen LogP) is 7.06. The van der Waals surface area contributed by atoms with Crippen LogP contribution < -0.4 is 0 Å². The summed E-state index contributed by atoms with van der Waals surface area (Å²) in [6.07, 6.45) is -1.39. The molecule has 2 aromatic carbocycles. The summed E-state index contributed by atoms with van der Waals surface area (Å²) in [5.74, 6) is -0.196. The van der Waals surface area contributed by atoms with Crippen molar-refractivity contribution in [1.82, 2.24) is 14.7 Å². The SMILES string of the molecule is CCN(C(=O)C1=C(C(C)C)N2C(=N[C@@](C)(c3ccc(Cl)cc3)[C@H]2c2ccc(Cl)cc2)S1)[C@H]1CN(C(=O)OC(C)(C)C)C[C@@H]1O. The van der Waals surface area contributed by atoms with E-state index in [0.717, 1.165) is 22.0 Å². The number of allylic oxidation sites excluding steroid dienone is 1. The highest BCUT2D eigenvalue weighted by molar-refractivity contribution is 8.18. The molecule has 236 valence electrons. The van der Waals surface area contributed by atoms with Crippen molar-refractivity contribution in [3.05, 3.63) is 80.3 Å². The minimum absolute atomic E-state index is 0.0120. The lowest BCUT2D eigenvalue weighted by atomic mass is 9.81. The number of halogens is 2. The number of likely N-dealkylation sites (tertiary alicyclic amines) is 1. The lowest BCUT2D eigenvalue weighted by Gasteiger charge is -2.37. The Morgan fingerprint density at radius 3 is 2.23 bits per heavy atom. The van der Waals surface area contributed by atoms with E-state index in [-0.39, 0.29) is 31.0 Å². The van der Waals surface area contributed by atoms with Gasteiger partial charge in [-0.15, -0.1) is 0 Å². The van der Waals surface area contributed by atoms with E-state index >= 15 is 0 Å². The topological polar surface area (TPSA) is 85.7 Å². The average molecular weight is 660 g/mol. The third-order valence-electron chi connectivity index (χ3n) is 8.28. The summed E-state index contributed by atoms with van der Waals surface area (Å²) < 4.78 is 5.54. The van der Waals surface area contributed by atoms with Gasteiger partial charge in [-0.25, -0.2) is 9.79 Å². The van der Waals surface area contributed by atoms with E-state index in [1.807, 2.05) is 55.5 Å². The van der Waals surface area contributed by atoms with Crippen molar-refractivity contribution in [1.29, 1.82) is 0 Å². The van der Waals surface area contributed by atoms with E-state index in [9.17, 15) is 14.7 Å². The normalized spacial score (nSPS) is 25.1. The number of carbonyl (C=O) groups excluding carboxylic acids is 2. The zero-order chi connectivity index (χ0) is 32.1. The lowest BCUT2D eigenvalue weighted by Crippen LogP contribution is -2.47. The number of fused-ring (bicyclic) bond motifs is 1. The summed E-state index contributed by atoms with van der Waals surface area (Å²) in [6, 6.07) is 14.7. The fourth-order valence-corrected chi connectivity index (χ4v) is 7.89. The molecular formula is C33H40Cl2N4O4S. The number of thioether (sulfide) groups is 1. The summed E-state index contributed by atoms with van der Waals surface area (Å²) in [7, 11) is 0. The molecule has 4 atom stereocenters. The highest BCUT2D eigenvalue weighted by Gasteiger charge is 2.54. The number of amides is 2. The molecular weight excluding hydrogens is 619 g/mol. The molecule has 0 aromatic heterocycles. The number of aliphatic hydroxyl groups is 1. The van der Waals surface area contributed by atoms with Gasteiger partial charge in [0.1, 0.15) is 16.0 Å². The number of nitrogens with zero attached hydrogens (tertiary/aromatic N) is 4. The number of benzene rings is 2. The van der Waals surface area contributed by atoms with Gasteiger partial charge in [-0.1, -0.05) is 61.3 Å². The van der Waals surface area contributed by atoms with Gasteiger partial charge in [-0.2, -0.15) is 0 Å². The van der Waals surface area contributed by atoms with Crippen molar-refractivity contribution in [2.45, 2.75) is 77.8 Å². The van der Waals surface area contributed by atoms with Gasteiger partial charge in [0.15, 0.2) is 5.17 Å². The monoisotopic (exact) mass is 658 g/mol. The molecule has 0 bridgehead atoms. The maximum atomic E-state index is 14.4. The Kier molecular flexibility index (Phi) is 9.08. The first-order chi connectivity index (χ1) is 20.6. The minimum atomic E-state index is -0.895. The molecule has 1 saturated heterocycles. The Hall–Kier alpha value is -2.72. The largest absolute Gasteiger partial charge is 0.444 e. The summed E-state index contributed by atoms with van der Waals surface area (Å²) in [5.41, 5.74) is 1.57. The Balaban J connectivity index is 1.52. The summed E-state index contributed by atoms with van der Waals surface area (Å²) in [5, 5.41) is 13.1. The van der Waals surface area contributed by atoms with Crippen molar-refractivity contribution in [3.8, 4) is 0 Å². The molecule has 11 heteroatoms. The summed E-state index contributed by atoms with van der Waals surface area (Å²) in [4.78, 5) is 38.4. The maximum absolute atomic E-state index is 14.4. The van der Waals surface area contributed by atoms with Crippen molar-refractivity contribution in [2.75, 3.05) is 19.6 Å². The first-order valence-corrected chi connectivity index (χ1v) is 16.5. The molecule has 0 aliphatic carbocycles. The molecule has 44 heavy (non-hydrogen) atoms. The minimum Gasteiger partial charge on any atom is -0.444 e. The second-order valence-electron chi connectivity index (χ2n) is 13.0. The van der Waals surface area contributed by atoms with Gasteiger partial charge in [-0.3, -0.25) is 4.79 Å². The van der Waals surface area contributed by atoms with Gasteiger partial charge in [0.2, 0.25) is 0 Å². The fraction of sp³-hybridized carbons (Fsp3) is 0.485. The maximum Gasteiger partial charge on any atom is 0.410 e. The standard InChI is InChI=1S/C33H40Cl2N4O4S/c1-8-38(24-17-37(18-25(24)40)31(42)43-32(4,5)6)29(41)27-26(19(2)3)39-28(20-9-13-22(34)14-10-20)33(7,36-30(39)44-27)21-11-15-23(35)16-12-21/h9-16,19,24-25,28,40H,8,17-18H2,1-7H3/t24-,25-,28+,33-/m0/s1. The molecule has 0 spiro atoms. The van der Waals surface area contributed by atoms with Crippen molar-refractivity contribution < 1.29 is 19.4 Å². The number of likely N-dealkylation sites (N-methyl/N-ethyl adjacent to an activating group) is 1. The van der Waals surface area contributed by atoms with Crippen molar-refractivity contribution >= 4 is 52.1 Å². The molecule has 8 nitrogen and oxygen atoms in total. The molecule has 3 heterocycles. The summed E-state index contributed by atoms with van der Waals surface area (Å²) in [6.45, 7) is 14.2. The molecule has 5 rings (SSSR count). The molecule has 3 aliphatic heterocycles. The van der Waals surface area contributed by atoms with Gasteiger partial charge in [0.05, 0.1) is 24.7 Å². The third-order valence-corrected chi connectivity index (χ3v) is 9.84. The van der Waals surface area contributed by atoms with Crippen LogP contribution in [0.15, 0.2) is 64.1 Å². The number of amidine groups is 1. The van der Waals surface area contributed by atoms with Crippen LogP contribution in [-0.4, -0.2) is 74.4 Å². The molecule has 2 amide bonds. The number of hydrogen-bond donors (Lipinski definition) is 1. The second-order valence-corrected chi connectivity index (χ2v) is 14.8. The number of aliphatic imine (C=N–C) groups is 1. The quantitative estimate of drug-likeness (QED) is 0.358. The first kappa shape index (κ1) is 32.7. The van der Waals surface area contributed by atoms with Crippen molar-refractivity contribution in [3.63, 3.8) is 0 Å². The fourth-order valence-electron chi connectivity index (χ4n) is 6.28. The Morgan fingerprint density at radius 1 is 1.09 bits per heavy atom. The average Bonchev–Trinajstić information content (AvgIpc) is 3.59. The van der Waals surface area contributed by atoms with E-state index in [4.69, 9.17) is 32.9 Å². The van der Waals surface area contributed by atoms with Gasteiger partial charge >= 0.3 is 6.09 Å². The van der Waals surface area contributed by atoms with Crippen LogP contribution >= 0.6 is 35.0 Å². The summed E-state index contributed by atoms with van der Waals surface area (Å²) >= 11 is 13.9. The number of carbonyl (C=O) groups is 2. The van der Waals surface area contributed by atoms with E-state index < -0.39 is 29.4 Å². The molecule has 0 unspecified atom stereocenters. The van der Waals surface area contributed by atoms with Crippen molar-refractivity contribution in [2.24, 2.45) is 10.9 Å². The van der Waals surface area contributed by atoms with Crippen LogP contribution in [0.3, 0.4) is 0 Å². The molecule has 0 saturated carbocycles. The van der Waals surface area contributed by atoms with Crippen LogP contribution in [0.5, 0.6) is 0 Å². The Bertz CT molecular complexity index is 1490. The first-order valence-electron chi connectivity index (χ1n) is 14.9. The van der Waals surface area contributed by atoms with Gasteiger partial charge in [0, 0.05) is 28.8 Å². The van der Waals surface area contributed by atoms with Gasteiger partial charge in [-0.05, 0) is 87.7 Å². The number of hydrogen-bond acceptors (Lipinski definition) is 7. The Morgan fingerprint density at radius 2 is 1.68 bits per heavy atom. The van der Waals surface area contributed by atoms with E-state index in [0.29, 0.717) is 21.5 Å². The number of β-amino-alcohol motifs (C(OH)–C–C–N with tert-alkyl or cyclic N) is 1. The predicted molar refractivity (Wildman–Crippen MR) is 177 cm³/mol. The molecule has 2 aromatic rings. The molecule has 1 N–H and O–H groups in total. The number of ether oxygens (including phenoxy) is 1. The highest BCUT2D eigenvalue weighted by Crippen LogP contribution is 2.56. The zero-order valence-corrected chi connectivity index (χ0v) is 28.5. The third kappa shape index (κ3) is 6.08. The molecule has 1 fully saturated rings. The van der Waals surface area contributed by atoms with Gasteiger partial charge in [0.25, 0.3) is 5.91 Å². The highest BCUT2D eigenvalue weighted by atomic mass is 35.5. The van der Waals surface area contributed by atoms with Crippen LogP contribution in [0.1, 0.15) is 65.6 Å². The van der Waals surface area contributed by atoms with Crippen LogP contribution in [-0.2, 0) is 15.1 Å². The van der Waals surface area contributed by atoms with Crippen LogP contribution in [0.4, 0.5) is 4.79 Å². The lowest BCUT2D eigenvalue weighted by molar-refractivity contribution is -0.130. The van der Waals surface area contributed by atoms with E-state index in [1.165, 1.54) is 16.7 Å². The second kappa shape index (κ2) is 12.2. The number of rotatable bonds is 6. The molecule has 0 radical (unpaired) electrons. The van der Waals surface area contributed by atoms with E-state index in [2.05, 4.69) is 25.7 Å². The smallest absolute Gasteiger partial charge is 0.410 e. The Labute approximate surface area is 274 Å². The van der Waals surface area contributed by atoms with Crippen LogP contribution in [0.25, 0.3) is 0 Å². The molecule has 3 aliphatic rings. The number of aliphatic hydroxyl groups excluding tert-OH is 1. The van der Waals surface area contributed by atoms with Crippen LogP contribution in [0, 0.1) is 5.92 Å². The zero-order valence-electron chi connectivity index (χ0n) is 26.2.